The van der Waals surface area contributed by atoms with Crippen molar-refractivity contribution in [2.24, 2.45) is 5.73 Å². The number of nitrogens with zero attached hydrogens (tertiary/aromatic N) is 2. The Balaban J connectivity index is 2.44. The number of hydrogen-bond donors (Lipinski definition) is 1. The Hall–Kier alpha value is -1.29. The Morgan fingerprint density at radius 2 is 2.00 bits per heavy atom. The van der Waals surface area contributed by atoms with Crippen LogP contribution in [0.4, 0.5) is 11.5 Å². The van der Waals surface area contributed by atoms with E-state index in [0.29, 0.717) is 22.4 Å². The average molecular weight is 282 g/mol. The molecule has 0 radical (unpaired) electrons. The highest BCUT2D eigenvalue weighted by molar-refractivity contribution is 6.36. The molecule has 0 unspecified atom stereocenters. The maximum atomic E-state index is 6.15. The third kappa shape index (κ3) is 2.58. The van der Waals surface area contributed by atoms with Gasteiger partial charge < -0.3 is 10.6 Å². The Bertz CT molecular complexity index is 558. The average Bonchev–Trinajstić information content (AvgIpc) is 2.38. The van der Waals surface area contributed by atoms with Crippen molar-refractivity contribution in [3.8, 4) is 0 Å². The minimum atomic E-state index is 0.464. The van der Waals surface area contributed by atoms with Crippen LogP contribution in [-0.2, 0) is 6.54 Å². The third-order valence-electron chi connectivity index (χ3n) is 2.68. The van der Waals surface area contributed by atoms with Gasteiger partial charge in [0.15, 0.2) is 5.82 Å². The molecule has 2 N–H and O–H groups in total. The molecule has 0 bridgehead atoms. The summed E-state index contributed by atoms with van der Waals surface area (Å²) < 4.78 is 0. The van der Waals surface area contributed by atoms with Crippen LogP contribution in [0.5, 0.6) is 0 Å². The molecule has 0 saturated carbocycles. The molecule has 0 aliphatic carbocycles. The highest BCUT2D eigenvalue weighted by Gasteiger charge is 2.12. The van der Waals surface area contributed by atoms with E-state index in [0.717, 1.165) is 11.3 Å². The number of para-hydroxylation sites is 1. The quantitative estimate of drug-likeness (QED) is 0.935. The largest absolute Gasteiger partial charge is 0.328 e. The second-order valence-electron chi connectivity index (χ2n) is 3.85. The normalized spacial score (nSPS) is 10.4. The van der Waals surface area contributed by atoms with Crippen LogP contribution in [0.25, 0.3) is 0 Å². The van der Waals surface area contributed by atoms with Gasteiger partial charge in [-0.15, -0.1) is 0 Å². The molecule has 2 rings (SSSR count). The number of anilines is 2. The molecule has 0 fully saturated rings. The van der Waals surface area contributed by atoms with Crippen LogP contribution in [0.1, 0.15) is 5.56 Å². The predicted octanol–water partition coefficient (Wildman–Crippen LogP) is 3.62. The van der Waals surface area contributed by atoms with Crippen molar-refractivity contribution in [3.63, 3.8) is 0 Å². The maximum absolute atomic E-state index is 6.15. The number of hydrogen-bond acceptors (Lipinski definition) is 3. The lowest BCUT2D eigenvalue weighted by atomic mass is 10.1. The summed E-state index contributed by atoms with van der Waals surface area (Å²) in [5, 5.41) is 1.03. The molecular formula is C13H13Cl2N3. The zero-order chi connectivity index (χ0) is 13.1. The van der Waals surface area contributed by atoms with Gasteiger partial charge in [0, 0.05) is 25.5 Å². The van der Waals surface area contributed by atoms with Crippen LogP contribution >= 0.6 is 23.2 Å². The minimum Gasteiger partial charge on any atom is -0.328 e. The summed E-state index contributed by atoms with van der Waals surface area (Å²) in [7, 11) is 1.90. The minimum absolute atomic E-state index is 0.464. The van der Waals surface area contributed by atoms with Crippen molar-refractivity contribution in [2.75, 3.05) is 11.9 Å². The smallest absolute Gasteiger partial charge is 0.151 e. The van der Waals surface area contributed by atoms with Crippen molar-refractivity contribution in [1.82, 2.24) is 4.98 Å². The molecule has 0 atom stereocenters. The van der Waals surface area contributed by atoms with E-state index in [-0.39, 0.29) is 0 Å². The van der Waals surface area contributed by atoms with Crippen molar-refractivity contribution in [1.29, 1.82) is 0 Å². The number of aromatic nitrogens is 1. The molecule has 1 heterocycles. The van der Waals surface area contributed by atoms with Crippen molar-refractivity contribution in [3.05, 3.63) is 52.1 Å². The molecular weight excluding hydrogens is 269 g/mol. The van der Waals surface area contributed by atoms with Gasteiger partial charge in [0.2, 0.25) is 0 Å². The zero-order valence-corrected chi connectivity index (χ0v) is 11.4. The lowest BCUT2D eigenvalue weighted by Gasteiger charge is -2.22. The molecule has 0 amide bonds. The summed E-state index contributed by atoms with van der Waals surface area (Å²) in [6.45, 7) is 0.464. The van der Waals surface area contributed by atoms with E-state index in [2.05, 4.69) is 4.98 Å². The number of halogens is 2. The van der Waals surface area contributed by atoms with Crippen molar-refractivity contribution in [2.45, 2.75) is 6.54 Å². The van der Waals surface area contributed by atoms with Gasteiger partial charge in [0.05, 0.1) is 10.0 Å². The summed E-state index contributed by atoms with van der Waals surface area (Å²) in [6, 6.07) is 9.54. The first kappa shape index (κ1) is 13.1. The Morgan fingerprint density at radius 3 is 2.67 bits per heavy atom. The summed E-state index contributed by atoms with van der Waals surface area (Å²) >= 11 is 12.0. The molecule has 0 saturated heterocycles. The Kier molecular flexibility index (Phi) is 4.07. The molecule has 0 aliphatic rings. The van der Waals surface area contributed by atoms with Gasteiger partial charge in [0.25, 0.3) is 0 Å². The Labute approximate surface area is 116 Å². The SMILES string of the molecule is CN(c1ccccc1CN)c1ncc(Cl)cc1Cl. The van der Waals surface area contributed by atoms with E-state index in [1.807, 2.05) is 36.2 Å². The highest BCUT2D eigenvalue weighted by Crippen LogP contribution is 2.31. The fourth-order valence-corrected chi connectivity index (χ4v) is 2.29. The van der Waals surface area contributed by atoms with Crippen molar-refractivity contribution < 1.29 is 0 Å². The van der Waals surface area contributed by atoms with Gasteiger partial charge in [-0.2, -0.15) is 0 Å². The first-order chi connectivity index (χ1) is 8.63. The van der Waals surface area contributed by atoms with E-state index < -0.39 is 0 Å². The van der Waals surface area contributed by atoms with Gasteiger partial charge in [-0.3, -0.25) is 0 Å². The summed E-state index contributed by atoms with van der Waals surface area (Å²) in [6.07, 6.45) is 1.57. The first-order valence-electron chi connectivity index (χ1n) is 5.46. The Morgan fingerprint density at radius 1 is 1.28 bits per heavy atom. The highest BCUT2D eigenvalue weighted by atomic mass is 35.5. The zero-order valence-electron chi connectivity index (χ0n) is 9.90. The standard InChI is InChI=1S/C13H13Cl2N3/c1-18(12-5-3-2-4-9(12)7-16)13-11(15)6-10(14)8-17-13/h2-6,8H,7,16H2,1H3. The number of nitrogens with two attached hydrogens (primary N) is 1. The van der Waals surface area contributed by atoms with Gasteiger partial charge in [-0.25, -0.2) is 4.98 Å². The van der Waals surface area contributed by atoms with E-state index in [9.17, 15) is 0 Å². The van der Waals surface area contributed by atoms with Crippen LogP contribution in [0.15, 0.2) is 36.5 Å². The second kappa shape index (κ2) is 5.57. The van der Waals surface area contributed by atoms with Crippen LogP contribution in [0.2, 0.25) is 10.0 Å². The monoisotopic (exact) mass is 281 g/mol. The topological polar surface area (TPSA) is 42.1 Å². The summed E-state index contributed by atoms with van der Waals surface area (Å²) in [5.74, 6) is 0.655. The molecule has 5 heteroatoms. The van der Waals surface area contributed by atoms with Gasteiger partial charge in [-0.05, 0) is 17.7 Å². The number of pyridine rings is 1. The maximum Gasteiger partial charge on any atom is 0.151 e. The predicted molar refractivity (Wildman–Crippen MR) is 76.7 cm³/mol. The lowest BCUT2D eigenvalue weighted by molar-refractivity contribution is 1.03. The molecule has 1 aromatic heterocycles. The number of benzene rings is 1. The summed E-state index contributed by atoms with van der Waals surface area (Å²) in [4.78, 5) is 6.15. The van der Waals surface area contributed by atoms with Crippen LogP contribution in [0.3, 0.4) is 0 Å². The molecule has 0 spiro atoms. The molecule has 1 aromatic carbocycles. The van der Waals surface area contributed by atoms with Gasteiger partial charge >= 0.3 is 0 Å². The molecule has 18 heavy (non-hydrogen) atoms. The van der Waals surface area contributed by atoms with Crippen LogP contribution < -0.4 is 10.6 Å². The third-order valence-corrected chi connectivity index (χ3v) is 3.16. The molecule has 0 aliphatic heterocycles. The van der Waals surface area contributed by atoms with E-state index in [1.165, 1.54) is 0 Å². The van der Waals surface area contributed by atoms with Gasteiger partial charge in [-0.1, -0.05) is 41.4 Å². The lowest BCUT2D eigenvalue weighted by Crippen LogP contribution is -2.15. The van der Waals surface area contributed by atoms with E-state index >= 15 is 0 Å². The molecule has 94 valence electrons. The molecule has 2 aromatic rings. The fourth-order valence-electron chi connectivity index (χ4n) is 1.78. The first-order valence-corrected chi connectivity index (χ1v) is 6.22. The van der Waals surface area contributed by atoms with Crippen LogP contribution in [0, 0.1) is 0 Å². The van der Waals surface area contributed by atoms with Gasteiger partial charge in [0.1, 0.15) is 0 Å². The molecule has 3 nitrogen and oxygen atoms in total. The van der Waals surface area contributed by atoms with E-state index in [4.69, 9.17) is 28.9 Å². The second-order valence-corrected chi connectivity index (χ2v) is 4.69. The summed E-state index contributed by atoms with van der Waals surface area (Å²) in [5.41, 5.74) is 7.75. The van der Waals surface area contributed by atoms with Crippen LogP contribution in [-0.4, -0.2) is 12.0 Å². The fraction of sp³-hybridized carbons (Fsp3) is 0.154. The van der Waals surface area contributed by atoms with E-state index in [1.54, 1.807) is 12.3 Å². The number of rotatable bonds is 3. The van der Waals surface area contributed by atoms with Crippen molar-refractivity contribution >= 4 is 34.7 Å².